The topological polar surface area (TPSA) is 66.5 Å². The first-order valence-corrected chi connectivity index (χ1v) is 12.2. The van der Waals surface area contributed by atoms with Crippen LogP contribution in [0.15, 0.2) is 65.6 Å². The number of benzene rings is 3. The van der Waals surface area contributed by atoms with Crippen molar-refractivity contribution in [3.05, 3.63) is 92.4 Å². The smallest absolute Gasteiger partial charge is 0.264 e. The van der Waals surface area contributed by atoms with Crippen molar-refractivity contribution in [2.24, 2.45) is 0 Å². The van der Waals surface area contributed by atoms with Crippen molar-refractivity contribution >= 4 is 56.4 Å². The van der Waals surface area contributed by atoms with Gasteiger partial charge in [-0.2, -0.15) is 0 Å². The summed E-state index contributed by atoms with van der Waals surface area (Å²) in [5.41, 5.74) is 2.98. The van der Waals surface area contributed by atoms with E-state index in [9.17, 15) is 13.2 Å². The molecule has 0 saturated heterocycles. The van der Waals surface area contributed by atoms with Crippen LogP contribution in [0.25, 0.3) is 0 Å². The summed E-state index contributed by atoms with van der Waals surface area (Å²) >= 11 is 18.0. The maximum absolute atomic E-state index is 13.4. The molecule has 0 aliphatic rings. The Balaban J connectivity index is 1.89. The number of hydrogen-bond donors (Lipinski definition) is 1. The zero-order valence-electron chi connectivity index (χ0n) is 17.4. The van der Waals surface area contributed by atoms with Gasteiger partial charge in [-0.1, -0.05) is 46.9 Å². The Morgan fingerprint density at radius 2 is 1.53 bits per heavy atom. The van der Waals surface area contributed by atoms with Gasteiger partial charge in [0.1, 0.15) is 6.54 Å². The van der Waals surface area contributed by atoms with Gasteiger partial charge in [0.25, 0.3) is 10.0 Å². The minimum atomic E-state index is -4.02. The Morgan fingerprint density at radius 1 is 0.875 bits per heavy atom. The molecule has 168 valence electrons. The lowest BCUT2D eigenvalue weighted by Crippen LogP contribution is -2.40. The molecule has 1 N–H and O–H groups in total. The highest BCUT2D eigenvalue weighted by molar-refractivity contribution is 7.92. The summed E-state index contributed by atoms with van der Waals surface area (Å²) in [5.74, 6) is -0.480. The third kappa shape index (κ3) is 5.75. The van der Waals surface area contributed by atoms with E-state index in [1.54, 1.807) is 30.3 Å². The average Bonchev–Trinajstić information content (AvgIpc) is 2.73. The fraction of sp³-hybridized carbons (Fsp3) is 0.174. The van der Waals surface area contributed by atoms with Crippen LogP contribution in [0.5, 0.6) is 0 Å². The van der Waals surface area contributed by atoms with E-state index in [4.69, 9.17) is 34.8 Å². The summed E-state index contributed by atoms with van der Waals surface area (Å²) in [6.45, 7) is 3.55. The molecule has 0 atom stereocenters. The van der Waals surface area contributed by atoms with Crippen LogP contribution in [0.2, 0.25) is 15.1 Å². The van der Waals surface area contributed by atoms with Gasteiger partial charge in [-0.15, -0.1) is 0 Å². The number of sulfonamides is 1. The first-order chi connectivity index (χ1) is 15.1. The van der Waals surface area contributed by atoms with E-state index in [1.807, 2.05) is 19.9 Å². The number of carbonyl (C=O) groups is 1. The molecular weight excluding hydrogens is 491 g/mol. The predicted molar refractivity (Wildman–Crippen MR) is 130 cm³/mol. The van der Waals surface area contributed by atoms with E-state index in [-0.39, 0.29) is 11.4 Å². The van der Waals surface area contributed by atoms with Crippen LogP contribution < -0.4 is 9.62 Å². The van der Waals surface area contributed by atoms with Crippen LogP contribution in [0.4, 0.5) is 5.69 Å². The van der Waals surface area contributed by atoms with Gasteiger partial charge in [0.2, 0.25) is 5.91 Å². The largest absolute Gasteiger partial charge is 0.350 e. The number of halogens is 3. The number of hydrogen-bond acceptors (Lipinski definition) is 3. The number of nitrogens with zero attached hydrogens (tertiary/aromatic N) is 1. The fourth-order valence-corrected chi connectivity index (χ4v) is 4.99. The number of amides is 1. The molecule has 0 unspecified atom stereocenters. The second kappa shape index (κ2) is 10.1. The molecule has 1 amide bonds. The van der Waals surface area contributed by atoms with Gasteiger partial charge in [-0.25, -0.2) is 8.42 Å². The van der Waals surface area contributed by atoms with Crippen molar-refractivity contribution in [1.29, 1.82) is 0 Å². The lowest BCUT2D eigenvalue weighted by atomic mass is 10.1. The summed E-state index contributed by atoms with van der Waals surface area (Å²) < 4.78 is 27.9. The molecule has 0 aliphatic heterocycles. The standard InChI is InChI=1S/C23H21Cl3N2O3S/c1-15-3-8-20(11-16(15)2)28(32(30,31)21-9-6-18(24)7-10-21)14-23(29)27-13-17-4-5-19(25)12-22(17)26/h3-12H,13-14H2,1-2H3,(H,27,29). The Morgan fingerprint density at radius 3 is 2.16 bits per heavy atom. The molecule has 5 nitrogen and oxygen atoms in total. The average molecular weight is 512 g/mol. The Labute approximate surface area is 203 Å². The van der Waals surface area contributed by atoms with Crippen molar-refractivity contribution in [3.8, 4) is 0 Å². The molecule has 0 spiro atoms. The van der Waals surface area contributed by atoms with Crippen molar-refractivity contribution in [2.75, 3.05) is 10.8 Å². The predicted octanol–water partition coefficient (Wildman–Crippen LogP) is 5.78. The molecule has 0 saturated carbocycles. The quantitative estimate of drug-likeness (QED) is 0.437. The van der Waals surface area contributed by atoms with Crippen LogP contribution in [-0.4, -0.2) is 20.9 Å². The van der Waals surface area contributed by atoms with E-state index >= 15 is 0 Å². The van der Waals surface area contributed by atoms with Crippen LogP contribution in [0.1, 0.15) is 16.7 Å². The number of rotatable bonds is 7. The normalized spacial score (nSPS) is 11.3. The first-order valence-electron chi connectivity index (χ1n) is 9.64. The molecular formula is C23H21Cl3N2O3S. The van der Waals surface area contributed by atoms with Crippen LogP contribution in [0.3, 0.4) is 0 Å². The van der Waals surface area contributed by atoms with Crippen LogP contribution in [-0.2, 0) is 21.4 Å². The highest BCUT2D eigenvalue weighted by Crippen LogP contribution is 2.27. The Kier molecular flexibility index (Phi) is 7.72. The number of aryl methyl sites for hydroxylation is 2. The second-order valence-corrected chi connectivity index (χ2v) is 10.4. The summed E-state index contributed by atoms with van der Waals surface area (Å²) in [7, 11) is -4.02. The van der Waals surface area contributed by atoms with Gasteiger partial charge in [0.05, 0.1) is 10.6 Å². The molecule has 3 rings (SSSR count). The number of carbonyl (C=O) groups excluding carboxylic acids is 1. The van der Waals surface area contributed by atoms with E-state index in [1.165, 1.54) is 24.3 Å². The van der Waals surface area contributed by atoms with Gasteiger partial charge in [0.15, 0.2) is 0 Å². The van der Waals surface area contributed by atoms with E-state index in [0.717, 1.165) is 15.4 Å². The second-order valence-electron chi connectivity index (χ2n) is 7.25. The monoisotopic (exact) mass is 510 g/mol. The maximum Gasteiger partial charge on any atom is 0.264 e. The van der Waals surface area contributed by atoms with Gasteiger partial charge in [0, 0.05) is 21.6 Å². The molecule has 3 aromatic carbocycles. The zero-order chi connectivity index (χ0) is 23.5. The van der Waals surface area contributed by atoms with Gasteiger partial charge in [-0.3, -0.25) is 9.10 Å². The zero-order valence-corrected chi connectivity index (χ0v) is 20.5. The molecule has 0 aliphatic carbocycles. The molecule has 0 aromatic heterocycles. The van der Waals surface area contributed by atoms with Gasteiger partial charge >= 0.3 is 0 Å². The van der Waals surface area contributed by atoms with E-state index < -0.39 is 22.5 Å². The maximum atomic E-state index is 13.4. The molecule has 0 fully saturated rings. The third-order valence-electron chi connectivity index (χ3n) is 4.96. The lowest BCUT2D eigenvalue weighted by molar-refractivity contribution is -0.119. The van der Waals surface area contributed by atoms with Crippen LogP contribution >= 0.6 is 34.8 Å². The third-order valence-corrected chi connectivity index (χ3v) is 7.59. The number of nitrogens with one attached hydrogen (secondary N) is 1. The highest BCUT2D eigenvalue weighted by Gasteiger charge is 2.27. The van der Waals surface area contributed by atoms with Crippen molar-refractivity contribution in [3.63, 3.8) is 0 Å². The van der Waals surface area contributed by atoms with Gasteiger partial charge < -0.3 is 5.32 Å². The molecule has 0 radical (unpaired) electrons. The minimum Gasteiger partial charge on any atom is -0.350 e. The minimum absolute atomic E-state index is 0.0358. The highest BCUT2D eigenvalue weighted by atomic mass is 35.5. The van der Waals surface area contributed by atoms with E-state index in [2.05, 4.69) is 5.32 Å². The summed E-state index contributed by atoms with van der Waals surface area (Å²) in [4.78, 5) is 12.8. The van der Waals surface area contributed by atoms with Crippen molar-refractivity contribution in [1.82, 2.24) is 5.32 Å². The first kappa shape index (κ1) is 24.4. The molecule has 32 heavy (non-hydrogen) atoms. The molecule has 3 aromatic rings. The Bertz CT molecular complexity index is 1250. The molecule has 0 heterocycles. The lowest BCUT2D eigenvalue weighted by Gasteiger charge is -2.25. The summed E-state index contributed by atoms with van der Waals surface area (Å²) in [6, 6.07) is 16.0. The molecule has 9 heteroatoms. The van der Waals surface area contributed by atoms with Crippen molar-refractivity contribution < 1.29 is 13.2 Å². The summed E-state index contributed by atoms with van der Waals surface area (Å²) in [5, 5.41) is 4.04. The Hall–Kier alpha value is -2.25. The SMILES string of the molecule is Cc1ccc(N(CC(=O)NCc2ccc(Cl)cc2Cl)S(=O)(=O)c2ccc(Cl)cc2)cc1C. The van der Waals surface area contributed by atoms with Gasteiger partial charge in [-0.05, 0) is 79.1 Å². The molecule has 0 bridgehead atoms. The van der Waals surface area contributed by atoms with E-state index in [0.29, 0.717) is 26.3 Å². The van der Waals surface area contributed by atoms with Crippen LogP contribution in [0, 0.1) is 13.8 Å². The number of anilines is 1. The summed E-state index contributed by atoms with van der Waals surface area (Å²) in [6.07, 6.45) is 0. The fourth-order valence-electron chi connectivity index (χ4n) is 2.97. The van der Waals surface area contributed by atoms with Crippen molar-refractivity contribution in [2.45, 2.75) is 25.3 Å².